The minimum atomic E-state index is -0.511. The first kappa shape index (κ1) is 15.9. The van der Waals surface area contributed by atoms with E-state index in [0.29, 0.717) is 12.0 Å². The second-order valence-electron chi connectivity index (χ2n) is 4.91. The Kier molecular flexibility index (Phi) is 4.66. The first-order chi connectivity index (χ1) is 11.7. The number of benzene rings is 1. The number of methoxy groups -OCH3 is 1. The van der Waals surface area contributed by atoms with E-state index in [-0.39, 0.29) is 11.6 Å². The Morgan fingerprint density at radius 1 is 1.33 bits per heavy atom. The Balaban J connectivity index is 1.80. The van der Waals surface area contributed by atoms with Gasteiger partial charge in [-0.25, -0.2) is 0 Å². The van der Waals surface area contributed by atoms with Gasteiger partial charge in [-0.05, 0) is 34.4 Å². The zero-order valence-electron chi connectivity index (χ0n) is 12.8. The standard InChI is InChI=1S/C16H14N4O3S/c1-23-11-4-2-10(3-5-11)8-15-12(6-7-24-15)13(21)9-14(22)16-17-19-20-18-16/h2-7,9,21H,8H2,1H3,(H,17,18,19,20). The number of nitrogens with zero attached hydrogens (tertiary/aromatic N) is 3. The molecule has 2 heterocycles. The maximum atomic E-state index is 11.9. The monoisotopic (exact) mass is 342 g/mol. The van der Waals surface area contributed by atoms with Crippen molar-refractivity contribution in [3.8, 4) is 5.75 Å². The molecule has 0 radical (unpaired) electrons. The van der Waals surface area contributed by atoms with E-state index in [1.165, 1.54) is 11.3 Å². The average molecular weight is 342 g/mol. The van der Waals surface area contributed by atoms with Crippen molar-refractivity contribution in [2.24, 2.45) is 0 Å². The highest BCUT2D eigenvalue weighted by Crippen LogP contribution is 2.26. The van der Waals surface area contributed by atoms with Crippen LogP contribution >= 0.6 is 11.3 Å². The van der Waals surface area contributed by atoms with E-state index in [1.807, 2.05) is 29.6 Å². The first-order valence-electron chi connectivity index (χ1n) is 7.05. The van der Waals surface area contributed by atoms with E-state index in [4.69, 9.17) is 4.74 Å². The van der Waals surface area contributed by atoms with E-state index in [0.717, 1.165) is 22.3 Å². The van der Waals surface area contributed by atoms with Crippen molar-refractivity contribution in [1.82, 2.24) is 20.6 Å². The van der Waals surface area contributed by atoms with Crippen LogP contribution in [0.15, 0.2) is 41.8 Å². The minimum Gasteiger partial charge on any atom is -0.507 e. The molecule has 2 N–H and O–H groups in total. The highest BCUT2D eigenvalue weighted by molar-refractivity contribution is 7.10. The lowest BCUT2D eigenvalue weighted by Gasteiger charge is -2.05. The molecule has 3 rings (SSSR count). The van der Waals surface area contributed by atoms with Gasteiger partial charge in [-0.1, -0.05) is 12.1 Å². The molecule has 0 saturated heterocycles. The molecule has 8 heteroatoms. The molecule has 3 aromatic rings. The quantitative estimate of drug-likeness (QED) is 0.406. The maximum Gasteiger partial charge on any atom is 0.244 e. The summed E-state index contributed by atoms with van der Waals surface area (Å²) in [4.78, 5) is 12.9. The molecule has 24 heavy (non-hydrogen) atoms. The number of thiophene rings is 1. The number of carbonyl (C=O) groups excluding carboxylic acids is 1. The lowest BCUT2D eigenvalue weighted by atomic mass is 10.1. The zero-order chi connectivity index (χ0) is 16.9. The number of H-pyrrole nitrogens is 1. The summed E-state index contributed by atoms with van der Waals surface area (Å²) in [6, 6.07) is 9.48. The second kappa shape index (κ2) is 7.05. The van der Waals surface area contributed by atoms with Crippen molar-refractivity contribution in [3.63, 3.8) is 0 Å². The molecule has 0 saturated carbocycles. The summed E-state index contributed by atoms with van der Waals surface area (Å²) in [5, 5.41) is 24.8. The number of ketones is 1. The van der Waals surface area contributed by atoms with Crippen LogP contribution in [-0.2, 0) is 6.42 Å². The van der Waals surface area contributed by atoms with Crippen LogP contribution in [0.3, 0.4) is 0 Å². The third-order valence-corrected chi connectivity index (χ3v) is 4.30. The molecule has 0 unspecified atom stereocenters. The zero-order valence-corrected chi connectivity index (χ0v) is 13.6. The smallest absolute Gasteiger partial charge is 0.244 e. The van der Waals surface area contributed by atoms with E-state index < -0.39 is 5.78 Å². The van der Waals surface area contributed by atoms with Gasteiger partial charge in [0.15, 0.2) is 0 Å². The first-order valence-corrected chi connectivity index (χ1v) is 7.93. The number of aromatic nitrogens is 4. The Labute approximate surface area is 141 Å². The Morgan fingerprint density at radius 2 is 2.12 bits per heavy atom. The van der Waals surface area contributed by atoms with Crippen molar-refractivity contribution in [2.45, 2.75) is 6.42 Å². The number of aliphatic hydroxyl groups excluding tert-OH is 1. The van der Waals surface area contributed by atoms with Crippen LogP contribution in [0.25, 0.3) is 5.76 Å². The topological polar surface area (TPSA) is 101 Å². The molecule has 0 bridgehead atoms. The molecular weight excluding hydrogens is 328 g/mol. The molecule has 1 aromatic carbocycles. The van der Waals surface area contributed by atoms with Gasteiger partial charge in [0.25, 0.3) is 0 Å². The number of allylic oxidation sites excluding steroid dienone is 1. The van der Waals surface area contributed by atoms with Crippen molar-refractivity contribution in [2.75, 3.05) is 7.11 Å². The number of rotatable bonds is 6. The normalized spacial score (nSPS) is 11.5. The van der Waals surface area contributed by atoms with Gasteiger partial charge in [0, 0.05) is 22.9 Å². The summed E-state index contributed by atoms with van der Waals surface area (Å²) in [7, 11) is 1.62. The van der Waals surface area contributed by atoms with Crippen LogP contribution in [0.2, 0.25) is 0 Å². The highest BCUT2D eigenvalue weighted by Gasteiger charge is 2.14. The summed E-state index contributed by atoms with van der Waals surface area (Å²) < 4.78 is 5.14. The molecule has 7 nitrogen and oxygen atoms in total. The molecule has 0 spiro atoms. The Morgan fingerprint density at radius 3 is 2.79 bits per heavy atom. The number of ether oxygens (including phenoxy) is 1. The van der Waals surface area contributed by atoms with Crippen molar-refractivity contribution in [1.29, 1.82) is 0 Å². The summed E-state index contributed by atoms with van der Waals surface area (Å²) in [6.07, 6.45) is 1.75. The third kappa shape index (κ3) is 3.49. The number of aliphatic hydroxyl groups is 1. The largest absolute Gasteiger partial charge is 0.507 e. The molecule has 0 aliphatic carbocycles. The van der Waals surface area contributed by atoms with Gasteiger partial charge in [-0.15, -0.1) is 21.5 Å². The fraction of sp³-hybridized carbons (Fsp3) is 0.125. The second-order valence-corrected chi connectivity index (χ2v) is 5.91. The average Bonchev–Trinajstić information content (AvgIpc) is 3.27. The maximum absolute atomic E-state index is 11.9. The molecule has 0 fully saturated rings. The summed E-state index contributed by atoms with van der Waals surface area (Å²) in [5.74, 6) is 0.0736. The fourth-order valence-corrected chi connectivity index (χ4v) is 3.09. The number of aromatic amines is 1. The molecule has 2 aromatic heterocycles. The molecular formula is C16H14N4O3S. The van der Waals surface area contributed by atoms with Gasteiger partial charge in [0.2, 0.25) is 11.6 Å². The minimum absolute atomic E-state index is 0.0894. The number of tetrazole rings is 1. The third-order valence-electron chi connectivity index (χ3n) is 3.38. The summed E-state index contributed by atoms with van der Waals surface area (Å²) in [5.41, 5.74) is 1.70. The van der Waals surface area contributed by atoms with Crippen LogP contribution in [0.5, 0.6) is 5.75 Å². The summed E-state index contributed by atoms with van der Waals surface area (Å²) in [6.45, 7) is 0. The van der Waals surface area contributed by atoms with E-state index in [9.17, 15) is 9.90 Å². The molecule has 0 amide bonds. The Bertz CT molecular complexity index is 854. The van der Waals surface area contributed by atoms with Gasteiger partial charge in [-0.2, -0.15) is 5.21 Å². The van der Waals surface area contributed by atoms with Crippen molar-refractivity contribution < 1.29 is 14.6 Å². The predicted molar refractivity (Wildman–Crippen MR) is 89.2 cm³/mol. The van der Waals surface area contributed by atoms with E-state index in [2.05, 4.69) is 20.6 Å². The van der Waals surface area contributed by atoms with Crippen LogP contribution in [0.4, 0.5) is 0 Å². The predicted octanol–water partition coefficient (Wildman–Crippen LogP) is 2.64. The number of carbonyl (C=O) groups is 1. The number of hydrogen-bond acceptors (Lipinski definition) is 7. The van der Waals surface area contributed by atoms with Crippen LogP contribution in [-0.4, -0.2) is 38.6 Å². The SMILES string of the molecule is COc1ccc(Cc2sccc2C(O)=CC(=O)c2nn[nH]n2)cc1. The molecule has 0 atom stereocenters. The molecule has 122 valence electrons. The van der Waals surface area contributed by atoms with Crippen LogP contribution in [0.1, 0.15) is 26.6 Å². The van der Waals surface area contributed by atoms with E-state index >= 15 is 0 Å². The van der Waals surface area contributed by atoms with Crippen molar-refractivity contribution >= 4 is 22.9 Å². The van der Waals surface area contributed by atoms with Gasteiger partial charge < -0.3 is 9.84 Å². The lowest BCUT2D eigenvalue weighted by molar-refractivity contribution is 0.103. The van der Waals surface area contributed by atoms with Crippen LogP contribution < -0.4 is 4.74 Å². The van der Waals surface area contributed by atoms with Crippen molar-refractivity contribution in [3.05, 3.63) is 63.6 Å². The van der Waals surface area contributed by atoms with E-state index in [1.54, 1.807) is 13.2 Å². The molecule has 0 aliphatic rings. The molecule has 0 aliphatic heterocycles. The van der Waals surface area contributed by atoms with Gasteiger partial charge >= 0.3 is 0 Å². The number of nitrogens with one attached hydrogen (secondary N) is 1. The summed E-state index contributed by atoms with van der Waals surface area (Å²) >= 11 is 1.51. The fourth-order valence-electron chi connectivity index (χ4n) is 2.17. The highest BCUT2D eigenvalue weighted by atomic mass is 32.1. The lowest BCUT2D eigenvalue weighted by Crippen LogP contribution is -2.00. The number of hydrogen-bond donors (Lipinski definition) is 2. The van der Waals surface area contributed by atoms with Gasteiger partial charge in [-0.3, -0.25) is 4.79 Å². The van der Waals surface area contributed by atoms with Gasteiger partial charge in [0.05, 0.1) is 7.11 Å². The Hall–Kier alpha value is -3.00. The van der Waals surface area contributed by atoms with Gasteiger partial charge in [0.1, 0.15) is 11.5 Å². The van der Waals surface area contributed by atoms with Crippen LogP contribution in [0, 0.1) is 0 Å².